The van der Waals surface area contributed by atoms with Crippen LogP contribution in [0.2, 0.25) is 0 Å². The topological polar surface area (TPSA) is 93.7 Å². The third-order valence-corrected chi connectivity index (χ3v) is 3.06. The average molecular weight is 279 g/mol. The minimum Gasteiger partial charge on any atom is -0.370 e. The summed E-state index contributed by atoms with van der Waals surface area (Å²) in [5.41, 5.74) is 3.72. The van der Waals surface area contributed by atoms with Crippen molar-refractivity contribution in [1.82, 2.24) is 19.7 Å². The monoisotopic (exact) mass is 279 g/mol. The van der Waals surface area contributed by atoms with Gasteiger partial charge in [0.15, 0.2) is 5.16 Å². The smallest absolute Gasteiger partial charge is 0.191 e. The summed E-state index contributed by atoms with van der Waals surface area (Å²) in [7, 11) is 1.91. The first kappa shape index (κ1) is 13.6. The second kappa shape index (κ2) is 6.39. The first-order valence-electron chi connectivity index (χ1n) is 5.82. The van der Waals surface area contributed by atoms with Gasteiger partial charge in [0.05, 0.1) is 6.20 Å². The zero-order valence-electron chi connectivity index (χ0n) is 10.9. The van der Waals surface area contributed by atoms with Crippen LogP contribution in [0.3, 0.4) is 0 Å². The molecule has 0 spiro atoms. The SMILES string of the molecule is CSc1nc(NN)cc(NCCc2cnn(C)c2)n1. The van der Waals surface area contributed by atoms with E-state index in [0.29, 0.717) is 11.0 Å². The van der Waals surface area contributed by atoms with E-state index >= 15 is 0 Å². The Kier molecular flexibility index (Phi) is 4.58. The van der Waals surface area contributed by atoms with Gasteiger partial charge in [-0.3, -0.25) is 4.68 Å². The molecule has 0 aliphatic carbocycles. The van der Waals surface area contributed by atoms with Crippen molar-refractivity contribution in [1.29, 1.82) is 0 Å². The summed E-state index contributed by atoms with van der Waals surface area (Å²) in [5.74, 6) is 6.74. The Hall–Kier alpha value is -1.80. The highest BCUT2D eigenvalue weighted by molar-refractivity contribution is 7.98. The van der Waals surface area contributed by atoms with Crippen molar-refractivity contribution in [2.45, 2.75) is 11.6 Å². The van der Waals surface area contributed by atoms with Crippen LogP contribution >= 0.6 is 11.8 Å². The number of nitrogens with two attached hydrogens (primary N) is 1. The minimum absolute atomic E-state index is 0.600. The molecule has 0 aliphatic rings. The summed E-state index contributed by atoms with van der Waals surface area (Å²) in [4.78, 5) is 8.56. The zero-order valence-corrected chi connectivity index (χ0v) is 11.7. The molecule has 2 aromatic rings. The molecule has 0 atom stereocenters. The molecular weight excluding hydrogens is 262 g/mol. The van der Waals surface area contributed by atoms with E-state index in [4.69, 9.17) is 5.84 Å². The molecule has 2 heterocycles. The minimum atomic E-state index is 0.600. The first-order valence-corrected chi connectivity index (χ1v) is 7.05. The van der Waals surface area contributed by atoms with Crippen LogP contribution in [-0.4, -0.2) is 32.5 Å². The summed E-state index contributed by atoms with van der Waals surface area (Å²) in [6.07, 6.45) is 6.68. The summed E-state index contributed by atoms with van der Waals surface area (Å²) >= 11 is 1.47. The van der Waals surface area contributed by atoms with Gasteiger partial charge in [0.25, 0.3) is 0 Å². The predicted molar refractivity (Wildman–Crippen MR) is 77.0 cm³/mol. The molecule has 4 N–H and O–H groups in total. The van der Waals surface area contributed by atoms with E-state index < -0.39 is 0 Å². The fourth-order valence-electron chi connectivity index (χ4n) is 1.62. The molecule has 0 amide bonds. The van der Waals surface area contributed by atoms with Crippen molar-refractivity contribution in [2.24, 2.45) is 12.9 Å². The summed E-state index contributed by atoms with van der Waals surface area (Å²) in [5, 5.41) is 8.07. The number of aromatic nitrogens is 4. The molecule has 0 aromatic carbocycles. The Bertz CT molecular complexity index is 517. The molecule has 0 fully saturated rings. The number of nitrogens with zero attached hydrogens (tertiary/aromatic N) is 4. The fourth-order valence-corrected chi connectivity index (χ4v) is 2.00. The van der Waals surface area contributed by atoms with Crippen molar-refractivity contribution in [3.8, 4) is 0 Å². The van der Waals surface area contributed by atoms with Crippen molar-refractivity contribution in [3.05, 3.63) is 24.0 Å². The van der Waals surface area contributed by atoms with E-state index in [1.807, 2.05) is 25.7 Å². The van der Waals surface area contributed by atoms with Gasteiger partial charge < -0.3 is 10.7 Å². The van der Waals surface area contributed by atoms with Gasteiger partial charge in [-0.2, -0.15) is 5.10 Å². The largest absolute Gasteiger partial charge is 0.370 e. The molecule has 0 saturated heterocycles. The second-order valence-electron chi connectivity index (χ2n) is 3.97. The Balaban J connectivity index is 1.95. The lowest BCUT2D eigenvalue weighted by Gasteiger charge is -2.08. The Morgan fingerprint density at radius 2 is 2.16 bits per heavy atom. The van der Waals surface area contributed by atoms with Gasteiger partial charge >= 0.3 is 0 Å². The van der Waals surface area contributed by atoms with E-state index in [-0.39, 0.29) is 0 Å². The molecule has 0 bridgehead atoms. The number of hydrogen-bond acceptors (Lipinski definition) is 7. The molecule has 0 radical (unpaired) electrons. The maximum Gasteiger partial charge on any atom is 0.191 e. The Morgan fingerprint density at radius 3 is 2.79 bits per heavy atom. The number of rotatable bonds is 6. The van der Waals surface area contributed by atoms with Crippen LogP contribution < -0.4 is 16.6 Å². The maximum absolute atomic E-state index is 5.38. The van der Waals surface area contributed by atoms with Gasteiger partial charge in [-0.05, 0) is 18.2 Å². The lowest BCUT2D eigenvalue weighted by molar-refractivity contribution is 0.766. The van der Waals surface area contributed by atoms with Crippen LogP contribution in [0.15, 0.2) is 23.6 Å². The molecule has 0 unspecified atom stereocenters. The molecule has 19 heavy (non-hydrogen) atoms. The van der Waals surface area contributed by atoms with Crippen LogP contribution in [0.4, 0.5) is 11.6 Å². The van der Waals surface area contributed by atoms with Crippen LogP contribution in [0.5, 0.6) is 0 Å². The second-order valence-corrected chi connectivity index (χ2v) is 4.74. The molecule has 2 rings (SSSR count). The zero-order chi connectivity index (χ0) is 13.7. The normalized spacial score (nSPS) is 10.5. The maximum atomic E-state index is 5.38. The average Bonchev–Trinajstić information content (AvgIpc) is 2.84. The summed E-state index contributed by atoms with van der Waals surface area (Å²) in [6.45, 7) is 0.778. The van der Waals surface area contributed by atoms with Gasteiger partial charge in [-0.25, -0.2) is 15.8 Å². The Morgan fingerprint density at radius 1 is 1.37 bits per heavy atom. The fraction of sp³-hybridized carbons (Fsp3) is 0.364. The van der Waals surface area contributed by atoms with E-state index in [1.165, 1.54) is 17.3 Å². The van der Waals surface area contributed by atoms with Gasteiger partial charge in [-0.1, -0.05) is 11.8 Å². The van der Waals surface area contributed by atoms with Crippen LogP contribution in [0.1, 0.15) is 5.56 Å². The van der Waals surface area contributed by atoms with E-state index in [0.717, 1.165) is 18.8 Å². The lowest BCUT2D eigenvalue weighted by atomic mass is 10.2. The van der Waals surface area contributed by atoms with Crippen LogP contribution in [0.25, 0.3) is 0 Å². The van der Waals surface area contributed by atoms with Gasteiger partial charge in [0.1, 0.15) is 11.6 Å². The van der Waals surface area contributed by atoms with Crippen molar-refractivity contribution < 1.29 is 0 Å². The molecule has 7 nitrogen and oxygen atoms in total. The number of hydrogen-bond donors (Lipinski definition) is 3. The molecule has 8 heteroatoms. The number of nitrogens with one attached hydrogen (secondary N) is 2. The van der Waals surface area contributed by atoms with Gasteiger partial charge in [0, 0.05) is 25.9 Å². The predicted octanol–water partition coefficient (Wildman–Crippen LogP) is 0.872. The van der Waals surface area contributed by atoms with Crippen LogP contribution in [0, 0.1) is 0 Å². The quantitative estimate of drug-likeness (QED) is 0.313. The number of aryl methyl sites for hydroxylation is 1. The molecular formula is C11H17N7S. The number of hydrazine groups is 1. The molecule has 0 aliphatic heterocycles. The number of thioether (sulfide) groups is 1. The first-order chi connectivity index (χ1) is 9.21. The van der Waals surface area contributed by atoms with Crippen molar-refractivity contribution >= 4 is 23.4 Å². The molecule has 102 valence electrons. The number of nitrogen functional groups attached to an aromatic ring is 1. The van der Waals surface area contributed by atoms with Crippen molar-refractivity contribution in [2.75, 3.05) is 23.5 Å². The van der Waals surface area contributed by atoms with Gasteiger partial charge in [-0.15, -0.1) is 0 Å². The van der Waals surface area contributed by atoms with E-state index in [1.54, 1.807) is 10.7 Å². The third kappa shape index (κ3) is 3.83. The molecule has 0 saturated carbocycles. The standard InChI is InChI=1S/C11H17N7S/c1-18-7-8(6-14-18)3-4-13-9-5-10(17-12)16-11(15-9)19-2/h5-7H,3-4,12H2,1-2H3,(H2,13,15,16,17). The summed E-state index contributed by atoms with van der Waals surface area (Å²) in [6, 6.07) is 1.78. The Labute approximate surface area is 116 Å². The number of anilines is 2. The lowest BCUT2D eigenvalue weighted by Crippen LogP contribution is -2.12. The van der Waals surface area contributed by atoms with Crippen molar-refractivity contribution in [3.63, 3.8) is 0 Å². The highest BCUT2D eigenvalue weighted by atomic mass is 32.2. The third-order valence-electron chi connectivity index (χ3n) is 2.51. The van der Waals surface area contributed by atoms with E-state index in [2.05, 4.69) is 25.8 Å². The summed E-state index contributed by atoms with van der Waals surface area (Å²) < 4.78 is 1.79. The molecule has 2 aromatic heterocycles. The van der Waals surface area contributed by atoms with E-state index in [9.17, 15) is 0 Å². The van der Waals surface area contributed by atoms with Crippen LogP contribution in [-0.2, 0) is 13.5 Å². The highest BCUT2D eigenvalue weighted by Gasteiger charge is 2.03. The highest BCUT2D eigenvalue weighted by Crippen LogP contribution is 2.16. The van der Waals surface area contributed by atoms with Gasteiger partial charge in [0.2, 0.25) is 0 Å².